The maximum Gasteiger partial charge on any atom is 0.0548 e. The Morgan fingerprint density at radius 3 is 1.40 bits per heavy atom. The molecule has 4 N–H and O–H groups in total. The summed E-state index contributed by atoms with van der Waals surface area (Å²) in [7, 11) is 0. The van der Waals surface area contributed by atoms with Gasteiger partial charge in [-0.1, -0.05) is 103 Å². The van der Waals surface area contributed by atoms with Crippen LogP contribution in [0.3, 0.4) is 0 Å². The van der Waals surface area contributed by atoms with Crippen LogP contribution in [0.1, 0.15) is 152 Å². The monoisotopic (exact) mass is 554 g/mol. The van der Waals surface area contributed by atoms with Gasteiger partial charge in [-0.25, -0.2) is 0 Å². The molecule has 2 aliphatic carbocycles. The molecule has 2 bridgehead atoms. The molecular formula is C35H63N5. The molecule has 4 atom stereocenters. The average Bonchev–Trinajstić information content (AvgIpc) is 2.98. The first-order chi connectivity index (χ1) is 19.8. The van der Waals surface area contributed by atoms with E-state index in [-0.39, 0.29) is 0 Å². The van der Waals surface area contributed by atoms with E-state index in [0.717, 1.165) is 26.2 Å². The summed E-state index contributed by atoms with van der Waals surface area (Å²) < 4.78 is 0. The zero-order chi connectivity index (χ0) is 27.7. The molecule has 0 aromatic carbocycles. The van der Waals surface area contributed by atoms with Gasteiger partial charge >= 0.3 is 0 Å². The van der Waals surface area contributed by atoms with E-state index in [1.165, 1.54) is 152 Å². The molecule has 5 heteroatoms. The van der Waals surface area contributed by atoms with Crippen molar-refractivity contribution >= 4 is 0 Å². The predicted molar refractivity (Wildman–Crippen MR) is 171 cm³/mol. The van der Waals surface area contributed by atoms with Gasteiger partial charge in [0.25, 0.3) is 0 Å². The van der Waals surface area contributed by atoms with Crippen molar-refractivity contribution in [2.45, 2.75) is 179 Å². The predicted octanol–water partition coefficient (Wildman–Crippen LogP) is 7.32. The molecule has 0 amide bonds. The summed E-state index contributed by atoms with van der Waals surface area (Å²) >= 11 is 0. The molecule has 0 saturated heterocycles. The molecule has 2 unspecified atom stereocenters. The van der Waals surface area contributed by atoms with Crippen LogP contribution in [-0.2, 0) is 19.5 Å². The summed E-state index contributed by atoms with van der Waals surface area (Å²) in [6.45, 7) is 6.24. The first-order valence-corrected chi connectivity index (χ1v) is 17.7. The molecule has 40 heavy (non-hydrogen) atoms. The fourth-order valence-corrected chi connectivity index (χ4v) is 7.44. The Labute approximate surface area is 247 Å². The van der Waals surface area contributed by atoms with Crippen molar-refractivity contribution < 1.29 is 0 Å². The zero-order valence-electron chi connectivity index (χ0n) is 26.1. The Bertz CT molecular complexity index is 750. The van der Waals surface area contributed by atoms with E-state index < -0.39 is 0 Å². The lowest BCUT2D eigenvalue weighted by Crippen LogP contribution is -2.53. The van der Waals surface area contributed by atoms with E-state index in [9.17, 15) is 0 Å². The molecule has 2 saturated carbocycles. The number of pyridine rings is 1. The normalized spacial score (nSPS) is 26.3. The smallest absolute Gasteiger partial charge is 0.0548 e. The number of rotatable bonds is 13. The highest BCUT2D eigenvalue weighted by atomic mass is 15.1. The minimum Gasteiger partial charge on any atom is -0.311 e. The third-order valence-electron chi connectivity index (χ3n) is 9.87. The zero-order valence-corrected chi connectivity index (χ0v) is 26.1. The van der Waals surface area contributed by atoms with Gasteiger partial charge in [-0.15, -0.1) is 0 Å². The molecule has 5 nitrogen and oxygen atoms in total. The van der Waals surface area contributed by atoms with Crippen LogP contribution in [0.15, 0.2) is 12.1 Å². The van der Waals surface area contributed by atoms with Gasteiger partial charge in [-0.05, 0) is 56.2 Å². The van der Waals surface area contributed by atoms with Crippen LogP contribution in [0.4, 0.5) is 0 Å². The van der Waals surface area contributed by atoms with Gasteiger partial charge in [-0.3, -0.25) is 4.98 Å². The molecular weight excluding hydrogens is 490 g/mol. The number of nitrogens with zero attached hydrogens (tertiary/aromatic N) is 1. The van der Waals surface area contributed by atoms with Crippen molar-refractivity contribution in [3.8, 4) is 0 Å². The number of hydrogen-bond donors (Lipinski definition) is 4. The van der Waals surface area contributed by atoms with Gasteiger partial charge in [-0.2, -0.15) is 0 Å². The number of unbranched alkanes of at least 4 members (excludes halogenated alkanes) is 11. The van der Waals surface area contributed by atoms with E-state index >= 15 is 0 Å². The SMILES string of the molecule is CCCCCCCCCCCCCCc1cc2nc(c1)CN[C@@H]1CCCC[C@H]1NCCNC1CCCCC1NC2. The summed E-state index contributed by atoms with van der Waals surface area (Å²) in [5.74, 6) is 0. The van der Waals surface area contributed by atoms with Crippen molar-refractivity contribution in [2.75, 3.05) is 13.1 Å². The number of aromatic nitrogens is 1. The third kappa shape index (κ3) is 11.7. The van der Waals surface area contributed by atoms with Gasteiger partial charge in [0.2, 0.25) is 0 Å². The molecule has 4 rings (SSSR count). The largest absolute Gasteiger partial charge is 0.311 e. The molecule has 2 fully saturated rings. The Hall–Kier alpha value is -1.01. The topological polar surface area (TPSA) is 61.0 Å². The lowest BCUT2D eigenvalue weighted by Gasteiger charge is -2.34. The van der Waals surface area contributed by atoms with Crippen LogP contribution >= 0.6 is 0 Å². The van der Waals surface area contributed by atoms with Gasteiger partial charge in [0.05, 0.1) is 11.4 Å². The van der Waals surface area contributed by atoms with E-state index in [0.29, 0.717) is 24.2 Å². The van der Waals surface area contributed by atoms with Crippen molar-refractivity contribution in [3.63, 3.8) is 0 Å². The number of fused-ring (bicyclic) bond motifs is 4. The van der Waals surface area contributed by atoms with E-state index in [1.54, 1.807) is 0 Å². The second-order valence-corrected chi connectivity index (χ2v) is 13.3. The molecule has 1 aliphatic heterocycles. The minimum atomic E-state index is 0.560. The van der Waals surface area contributed by atoms with E-state index in [1.807, 2.05) is 0 Å². The summed E-state index contributed by atoms with van der Waals surface area (Å²) in [5.41, 5.74) is 3.98. The first-order valence-electron chi connectivity index (χ1n) is 17.7. The standard InChI is InChI=1S/C35H63N5/c1-2-3-4-5-6-7-8-9-10-11-12-13-18-29-25-30-27-38-34-21-16-14-19-32(34)36-23-24-37-33-20-15-17-22-35(33)39-28-31(26-29)40-30/h25-26,32-39H,2-24,27-28H2,1H3/t32-,33?,34-,35?/m1/s1. The van der Waals surface area contributed by atoms with Crippen LogP contribution in [0.25, 0.3) is 0 Å². The molecule has 1 aromatic heterocycles. The van der Waals surface area contributed by atoms with Crippen molar-refractivity contribution in [2.24, 2.45) is 0 Å². The van der Waals surface area contributed by atoms with E-state index in [4.69, 9.17) is 4.98 Å². The maximum atomic E-state index is 5.16. The summed E-state index contributed by atoms with van der Waals surface area (Å²) in [6.07, 6.45) is 28.7. The van der Waals surface area contributed by atoms with Crippen LogP contribution in [-0.4, -0.2) is 42.2 Å². The van der Waals surface area contributed by atoms with Crippen molar-refractivity contribution in [3.05, 3.63) is 29.1 Å². The summed E-state index contributed by atoms with van der Waals surface area (Å²) in [6, 6.07) is 7.11. The molecule has 0 radical (unpaired) electrons. The Balaban J connectivity index is 1.27. The Morgan fingerprint density at radius 1 is 0.550 bits per heavy atom. The van der Waals surface area contributed by atoms with Crippen molar-refractivity contribution in [1.82, 2.24) is 26.3 Å². The quantitative estimate of drug-likeness (QED) is 0.193. The maximum absolute atomic E-state index is 5.16. The number of hydrogen-bond acceptors (Lipinski definition) is 5. The number of nitrogens with one attached hydrogen (secondary N) is 4. The second-order valence-electron chi connectivity index (χ2n) is 13.3. The van der Waals surface area contributed by atoms with E-state index in [2.05, 4.69) is 40.3 Å². The van der Waals surface area contributed by atoms with Gasteiger partial charge in [0.15, 0.2) is 0 Å². The van der Waals surface area contributed by atoms with Gasteiger partial charge in [0.1, 0.15) is 0 Å². The van der Waals surface area contributed by atoms with Gasteiger partial charge in [0, 0.05) is 50.3 Å². The fraction of sp³-hybridized carbons (Fsp3) is 0.857. The molecule has 1 aromatic rings. The third-order valence-corrected chi connectivity index (χ3v) is 9.87. The average molecular weight is 554 g/mol. The Morgan fingerprint density at radius 2 is 0.950 bits per heavy atom. The lowest BCUT2D eigenvalue weighted by atomic mass is 9.89. The van der Waals surface area contributed by atoms with Crippen molar-refractivity contribution in [1.29, 1.82) is 0 Å². The van der Waals surface area contributed by atoms with Crippen LogP contribution in [0.5, 0.6) is 0 Å². The molecule has 0 spiro atoms. The summed E-state index contributed by atoms with van der Waals surface area (Å²) in [4.78, 5) is 5.16. The van der Waals surface area contributed by atoms with Gasteiger partial charge < -0.3 is 21.3 Å². The Kier molecular flexibility index (Phi) is 15.3. The first kappa shape index (κ1) is 31.9. The molecule has 3 aliphatic rings. The van der Waals surface area contributed by atoms with Crippen LogP contribution in [0, 0.1) is 0 Å². The molecule has 228 valence electrons. The van der Waals surface area contributed by atoms with Crippen LogP contribution in [0.2, 0.25) is 0 Å². The fourth-order valence-electron chi connectivity index (χ4n) is 7.44. The summed E-state index contributed by atoms with van der Waals surface area (Å²) in [5, 5.41) is 15.7. The lowest BCUT2D eigenvalue weighted by molar-refractivity contribution is 0.266. The second kappa shape index (κ2) is 19.2. The number of aryl methyl sites for hydroxylation is 1. The minimum absolute atomic E-state index is 0.560. The van der Waals surface area contributed by atoms with Crippen LogP contribution < -0.4 is 21.3 Å². The highest BCUT2D eigenvalue weighted by Gasteiger charge is 2.26. The highest BCUT2D eigenvalue weighted by Crippen LogP contribution is 2.22. The molecule has 2 heterocycles. The highest BCUT2D eigenvalue weighted by molar-refractivity contribution is 5.22.